The smallest absolute Gasteiger partial charge is 0.0972 e. The largest absolute Gasteiger partial charge is 0.254 e. The van der Waals surface area contributed by atoms with E-state index in [2.05, 4.69) is 15.0 Å². The average molecular weight is 1590 g/mol. The fraction of sp³-hybridized carbons (Fsp3) is 0.0179. The number of pyridine rings is 4. The van der Waals surface area contributed by atoms with Crippen molar-refractivity contribution < 1.29 is 76.8 Å². The maximum Gasteiger partial charge on any atom is 0.0972 e. The number of hydrogen-bond acceptors (Lipinski definition) is 6. The van der Waals surface area contributed by atoms with Gasteiger partial charge in [-0.25, -0.2) is 9.97 Å². The SMILES string of the molecule is [2H]C1=C(c2c([2H])c([2H])c(-c3ccc(-c4nc5c(c([2H])c4[2H])c([2H])c([2H])c4c([2H])c([2H])c([2H])nc45)c4ccccc34)c([2H])c2[2H])SC(c2c([2H])c3c([2H])c([2H])c([2H])c([2H])c3c3c([2H])c([2H])c([2H])c([2H])c23)C1[2H].[2H]c1nc2c(c([2H])c1[2H])c([2H])c([2H])c1c([2H])c([2H])c(-c3ccc(-c4c([2H])c([2H])c(-c5c(-c6c([2H])c([2H])c([2H])c7c([2H])c([2H])c([2H])c([2H])c67)sc(-c6c([2H])c([2H])c([2H])c7c([2H])c([2H])c([2H])c([2H])c67)c5-c5c([2H])c([2H])c([2H])c6c([2H])c([2H])c([2H])c([2H])c56)c5c([2H])c([2H])c([2H])c([2H])c45)c4ccccc34)nc12. The van der Waals surface area contributed by atoms with Crippen LogP contribution in [0, 0.1) is 0 Å². The molecule has 6 heterocycles. The predicted octanol–water partition coefficient (Wildman–Crippen LogP) is 31.4. The maximum atomic E-state index is 10.7. The Balaban J connectivity index is 0.000000197. The molecule has 0 bridgehead atoms. The van der Waals surface area contributed by atoms with Gasteiger partial charge in [0.1, 0.15) is 0 Å². The van der Waals surface area contributed by atoms with Crippen LogP contribution in [0.4, 0.5) is 0 Å². The highest BCUT2D eigenvalue weighted by Crippen LogP contribution is 2.58. The van der Waals surface area contributed by atoms with Gasteiger partial charge in [-0.2, -0.15) is 0 Å². The lowest BCUT2D eigenvalue weighted by atomic mass is 9.84. The van der Waals surface area contributed by atoms with Crippen LogP contribution in [0.3, 0.4) is 0 Å². The molecule has 2 atom stereocenters. The molecule has 0 spiro atoms. The van der Waals surface area contributed by atoms with Gasteiger partial charge < -0.3 is 0 Å². The lowest BCUT2D eigenvalue weighted by molar-refractivity contribution is 1.00. The van der Waals surface area contributed by atoms with Crippen molar-refractivity contribution in [2.24, 2.45) is 0 Å². The van der Waals surface area contributed by atoms with Crippen LogP contribution in [-0.2, 0) is 0 Å². The molecule has 2 unspecified atom stereocenters. The second kappa shape index (κ2) is 28.8. The first-order valence-corrected chi connectivity index (χ1v) is 37.5. The van der Waals surface area contributed by atoms with Gasteiger partial charge in [0.05, 0.1) is 109 Å². The summed E-state index contributed by atoms with van der Waals surface area (Å²) in [6.07, 6.45) is -2.93. The monoisotopic (exact) mass is 1590 g/mol. The van der Waals surface area contributed by atoms with Crippen molar-refractivity contribution in [2.45, 2.75) is 11.6 Å². The van der Waals surface area contributed by atoms with E-state index < -0.39 is 436 Å². The molecule has 1 aliphatic rings. The molecule has 0 N–H and O–H groups in total. The lowest BCUT2D eigenvalue weighted by Crippen LogP contribution is -1.93. The minimum Gasteiger partial charge on any atom is -0.254 e. The summed E-state index contributed by atoms with van der Waals surface area (Å²) in [4.78, 5) is 16.1. The molecule has 6 heteroatoms. The molecule has 0 fully saturated rings. The fourth-order valence-electron chi connectivity index (χ4n) is 14.8. The zero-order chi connectivity index (χ0) is 126. The Hall–Kier alpha value is -14.5. The van der Waals surface area contributed by atoms with E-state index in [0.717, 1.165) is 0 Å². The molecule has 0 saturated carbocycles. The van der Waals surface area contributed by atoms with Gasteiger partial charge in [-0.1, -0.05) is 363 Å². The van der Waals surface area contributed by atoms with E-state index in [0.29, 0.717) is 22.5 Å². The van der Waals surface area contributed by atoms with E-state index in [1.165, 1.54) is 42.5 Å². The zero-order valence-electron chi connectivity index (χ0n) is 116. The molecule has 0 aliphatic carbocycles. The Morgan fingerprint density at radius 3 is 1.22 bits per heavy atom. The fourth-order valence-corrected chi connectivity index (χ4v) is 17.1. The van der Waals surface area contributed by atoms with Crippen molar-refractivity contribution >= 4 is 158 Å². The summed E-state index contributed by atoms with van der Waals surface area (Å²) < 4.78 is 511. The summed E-state index contributed by atoms with van der Waals surface area (Å²) >= 11 is 0.979. The first-order valence-electron chi connectivity index (χ1n) is 63.9. The van der Waals surface area contributed by atoms with Crippen LogP contribution in [0.2, 0.25) is 0 Å². The quantitative estimate of drug-likeness (QED) is 0.128. The third-order valence-electron chi connectivity index (χ3n) is 20.0. The van der Waals surface area contributed by atoms with Crippen LogP contribution >= 0.6 is 23.1 Å². The number of hydrogen-bond donors (Lipinski definition) is 0. The van der Waals surface area contributed by atoms with Crippen molar-refractivity contribution in [1.29, 1.82) is 0 Å². The third-order valence-corrected chi connectivity index (χ3v) is 22.4. The molecule has 550 valence electrons. The highest BCUT2D eigenvalue weighted by atomic mass is 32.2. The van der Waals surface area contributed by atoms with Crippen molar-refractivity contribution in [3.63, 3.8) is 0 Å². The number of thiophene rings is 1. The van der Waals surface area contributed by atoms with Crippen molar-refractivity contribution in [3.8, 4) is 87.9 Å². The van der Waals surface area contributed by atoms with Crippen molar-refractivity contribution in [2.75, 3.05) is 0 Å². The minimum absolute atomic E-state index is 0.0531. The normalized spacial score (nSPS) is 20.3. The first kappa shape index (κ1) is 33.0. The summed E-state index contributed by atoms with van der Waals surface area (Å²) in [7, 11) is 0. The van der Waals surface area contributed by atoms with Crippen LogP contribution in [0.15, 0.2) is 405 Å². The van der Waals surface area contributed by atoms with Crippen LogP contribution < -0.4 is 0 Å². The van der Waals surface area contributed by atoms with Crippen LogP contribution in [0.5, 0.6) is 0 Å². The number of nitrogens with zero attached hydrogens (tertiary/aromatic N) is 4. The van der Waals surface area contributed by atoms with E-state index in [9.17, 15) is 41.1 Å². The molecule has 0 saturated heterocycles. The van der Waals surface area contributed by atoms with Gasteiger partial charge in [0.15, 0.2) is 0 Å². The predicted molar refractivity (Wildman–Crippen MR) is 505 cm³/mol. The summed E-state index contributed by atoms with van der Waals surface area (Å²) in [5.41, 5.74) is -6.97. The molecule has 24 rings (SSSR count). The highest BCUT2D eigenvalue weighted by Gasteiger charge is 2.30. The Labute approximate surface area is 768 Å². The topological polar surface area (TPSA) is 51.6 Å². The summed E-state index contributed by atoms with van der Waals surface area (Å²) in [6, 6.07) is -24.3. The molecule has 4 nitrogen and oxygen atoms in total. The van der Waals surface area contributed by atoms with E-state index in [1.54, 1.807) is 30.3 Å². The Bertz CT molecular complexity index is 11700. The average Bonchev–Trinajstić information content (AvgIpc) is 1.49. The molecular formula is C112H70N4S2. The number of allylic oxidation sites excluding steroid dienone is 1. The molecule has 0 radical (unpaired) electrons. The summed E-state index contributed by atoms with van der Waals surface area (Å²) in [5.74, 6) is 0. The highest BCUT2D eigenvalue weighted by molar-refractivity contribution is 8.08. The third kappa shape index (κ3) is 11.7. The number of aromatic nitrogens is 4. The van der Waals surface area contributed by atoms with Crippen molar-refractivity contribution in [1.82, 2.24) is 19.9 Å². The molecule has 0 amide bonds. The Morgan fingerprint density at radius 2 is 0.661 bits per heavy atom. The van der Waals surface area contributed by atoms with Crippen LogP contribution in [-0.4, -0.2) is 19.9 Å². The van der Waals surface area contributed by atoms with E-state index in [4.69, 9.17) is 40.6 Å². The van der Waals surface area contributed by atoms with Crippen molar-refractivity contribution in [3.05, 3.63) is 417 Å². The molecular weight excluding hydrogens is 1470 g/mol. The van der Waals surface area contributed by atoms with E-state index >= 15 is 0 Å². The summed E-state index contributed by atoms with van der Waals surface area (Å²) in [6.45, 7) is 0. The first-order chi connectivity index (χ1) is 81.8. The van der Waals surface area contributed by atoms with Crippen LogP contribution in [0.1, 0.15) is 99.5 Å². The summed E-state index contributed by atoms with van der Waals surface area (Å²) in [5, 5.41) is -8.64. The van der Waals surface area contributed by atoms with Gasteiger partial charge in [-0.3, -0.25) is 9.97 Å². The van der Waals surface area contributed by atoms with Gasteiger partial charge in [-0.15, -0.1) is 23.1 Å². The second-order valence-corrected chi connectivity index (χ2v) is 28.6. The molecule has 18 aromatic carbocycles. The zero-order valence-corrected chi connectivity index (χ0v) is 61.3. The molecule has 1 aliphatic heterocycles. The molecule has 118 heavy (non-hydrogen) atoms. The lowest BCUT2D eigenvalue weighted by Gasteiger charge is -2.18. The molecule has 23 aromatic rings. The van der Waals surface area contributed by atoms with Gasteiger partial charge >= 0.3 is 0 Å². The van der Waals surface area contributed by atoms with Crippen LogP contribution in [0.25, 0.3) is 223 Å². The Kier molecular flexibility index (Phi) is 8.05. The number of thioether (sulfide) groups is 1. The van der Waals surface area contributed by atoms with Gasteiger partial charge in [0.25, 0.3) is 0 Å². The molecule has 5 aromatic heterocycles. The number of benzene rings is 18. The van der Waals surface area contributed by atoms with E-state index in [-0.39, 0.29) is 143 Å². The number of fused-ring (bicyclic) bond motifs is 15. The second-order valence-electron chi connectivity index (χ2n) is 26.4. The number of rotatable bonds is 10. The Morgan fingerprint density at radius 1 is 0.271 bits per heavy atom. The van der Waals surface area contributed by atoms with Gasteiger partial charge in [0, 0.05) is 88.6 Å². The maximum absolute atomic E-state index is 10.7. The standard InChI is InChI=1S/C66H40N2S.C46H30N2S/c1-4-22-46-41(15-1)18-11-29-56(46)61-62(66(59-31-13-20-43-17-3-6-24-48(43)59)69-65(61)58-30-12-19-42-16-2-5-23-47(42)58)57-38-36-54(50-26-8-10-28-52(50)57)53-35-37-55(51-27-9-7-25-49(51)53)60-39-34-45-33-32-44-21-14-40-67-63(44)64(45)68-60;1-2-10-34-33(8-1)28-41(39-14-6-4-11-36(34)39)44-26-25-43(49-44)30-17-15-29(16-18-30)35-22-23-40(38-13-5-3-12-37(35)38)42-24-21-32-20-19-31-9-7-27-47-45(31)46(32)48-42/h1-40H;1-25,27-28,44H,26H2/i1D,2D,3D,4D,5D,6D,8D,10D,11D,12D,13D,14D,15D,16D,17D,18D,19D,20D,21D,22D,23D,24D,26D,28D,29D,30D,31D,32D,33D,34D,36D,38D,39D,40D;1D,2D,4D,6D,7D,8D,9D,10D,11D,14D,15D,16D,17D,18D,19D,20D,21D,24D,25D,26D,27D,28D. The van der Waals surface area contributed by atoms with E-state index in [1.807, 2.05) is 0 Å². The minimum atomic E-state index is -1.64. The van der Waals surface area contributed by atoms with Gasteiger partial charge in [-0.05, 0) is 167 Å². The van der Waals surface area contributed by atoms with Gasteiger partial charge in [0.2, 0.25) is 0 Å².